The number of aryl methyl sites for hydroxylation is 1. The van der Waals surface area contributed by atoms with Gasteiger partial charge in [-0.2, -0.15) is 0 Å². The van der Waals surface area contributed by atoms with Crippen molar-refractivity contribution in [2.45, 2.75) is 19.3 Å². The standard InChI is InChI=1S/C28H22BrFN4O2/c29-22-9-3-2-7-20(22)28(36)34-33-26(35)11-5-8-19-21-16-18(30)13-15-24(21)32-27(19)25-14-12-17-6-1-4-10-23(17)31-25/h1-4,6-7,9-10,12-16,32H,5,8,11H2,(H,33,35)(H,34,36). The van der Waals surface area contributed by atoms with Gasteiger partial charge in [0.1, 0.15) is 5.82 Å². The molecular weight excluding hydrogens is 523 g/mol. The van der Waals surface area contributed by atoms with E-state index in [0.29, 0.717) is 22.9 Å². The monoisotopic (exact) mass is 544 g/mol. The summed E-state index contributed by atoms with van der Waals surface area (Å²) in [5, 5.41) is 1.80. The quantitative estimate of drug-likeness (QED) is 0.227. The zero-order chi connectivity index (χ0) is 25.1. The Bertz CT molecular complexity index is 1600. The molecule has 0 saturated heterocycles. The zero-order valence-electron chi connectivity index (χ0n) is 19.1. The number of amides is 2. The van der Waals surface area contributed by atoms with Crippen LogP contribution in [0.2, 0.25) is 0 Å². The van der Waals surface area contributed by atoms with Crippen LogP contribution in [0.3, 0.4) is 0 Å². The van der Waals surface area contributed by atoms with Gasteiger partial charge in [-0.05, 0) is 76.8 Å². The van der Waals surface area contributed by atoms with Crippen LogP contribution in [0.15, 0.2) is 83.3 Å². The van der Waals surface area contributed by atoms with Gasteiger partial charge in [-0.25, -0.2) is 9.37 Å². The van der Waals surface area contributed by atoms with E-state index in [-0.39, 0.29) is 18.1 Å². The van der Waals surface area contributed by atoms with Gasteiger partial charge in [-0.1, -0.05) is 36.4 Å². The van der Waals surface area contributed by atoms with Crippen molar-refractivity contribution in [3.05, 3.63) is 100 Å². The third-order valence-corrected chi connectivity index (χ3v) is 6.68. The van der Waals surface area contributed by atoms with Crippen molar-refractivity contribution in [3.8, 4) is 11.4 Å². The van der Waals surface area contributed by atoms with Crippen LogP contribution in [0.5, 0.6) is 0 Å². The van der Waals surface area contributed by atoms with Crippen LogP contribution in [0.1, 0.15) is 28.8 Å². The molecule has 180 valence electrons. The highest BCUT2D eigenvalue weighted by molar-refractivity contribution is 9.10. The fourth-order valence-electron chi connectivity index (χ4n) is 4.23. The number of carbonyl (C=O) groups excluding carboxylic acids is 2. The van der Waals surface area contributed by atoms with Crippen molar-refractivity contribution in [3.63, 3.8) is 0 Å². The van der Waals surface area contributed by atoms with Gasteiger partial charge in [0.05, 0.1) is 22.5 Å². The van der Waals surface area contributed by atoms with E-state index in [1.54, 1.807) is 30.3 Å². The second-order valence-corrected chi connectivity index (χ2v) is 9.25. The number of halogens is 2. The van der Waals surface area contributed by atoms with Gasteiger partial charge in [0.2, 0.25) is 5.91 Å². The highest BCUT2D eigenvalue weighted by Crippen LogP contribution is 2.32. The number of hydrogen-bond acceptors (Lipinski definition) is 3. The van der Waals surface area contributed by atoms with E-state index in [1.807, 2.05) is 36.4 Å². The molecule has 8 heteroatoms. The molecule has 0 bridgehead atoms. The predicted molar refractivity (Wildman–Crippen MR) is 142 cm³/mol. The number of aromatic amines is 1. The smallest absolute Gasteiger partial charge is 0.270 e. The first-order chi connectivity index (χ1) is 17.5. The van der Waals surface area contributed by atoms with Gasteiger partial charge in [0.25, 0.3) is 5.91 Å². The average molecular weight is 545 g/mol. The highest BCUT2D eigenvalue weighted by atomic mass is 79.9. The summed E-state index contributed by atoms with van der Waals surface area (Å²) in [6.07, 6.45) is 1.21. The average Bonchev–Trinajstić information content (AvgIpc) is 3.25. The molecule has 0 fully saturated rings. The zero-order valence-corrected chi connectivity index (χ0v) is 20.7. The van der Waals surface area contributed by atoms with E-state index >= 15 is 0 Å². The molecule has 0 unspecified atom stereocenters. The fourth-order valence-corrected chi connectivity index (χ4v) is 4.70. The lowest BCUT2D eigenvalue weighted by Gasteiger charge is -2.09. The maximum Gasteiger partial charge on any atom is 0.270 e. The first kappa shape index (κ1) is 23.7. The first-order valence-corrected chi connectivity index (χ1v) is 12.3. The number of aromatic nitrogens is 2. The second-order valence-electron chi connectivity index (χ2n) is 8.39. The molecule has 36 heavy (non-hydrogen) atoms. The largest absolute Gasteiger partial charge is 0.353 e. The summed E-state index contributed by atoms with van der Waals surface area (Å²) in [6.45, 7) is 0. The number of H-pyrrole nitrogens is 1. The summed E-state index contributed by atoms with van der Waals surface area (Å²) in [6, 6.07) is 23.4. The molecule has 0 aliphatic carbocycles. The number of hydrazine groups is 1. The normalized spacial score (nSPS) is 11.1. The van der Waals surface area contributed by atoms with Crippen LogP contribution in [-0.4, -0.2) is 21.8 Å². The molecule has 2 aromatic heterocycles. The SMILES string of the molecule is O=C(CCCc1c(-c2ccc3ccccc3n2)[nH]c2ccc(F)cc12)NNC(=O)c1ccccc1Br. The van der Waals surface area contributed by atoms with E-state index < -0.39 is 5.91 Å². The Morgan fingerprint density at radius 3 is 2.61 bits per heavy atom. The lowest BCUT2D eigenvalue weighted by Crippen LogP contribution is -2.41. The van der Waals surface area contributed by atoms with Crippen molar-refractivity contribution in [2.24, 2.45) is 0 Å². The maximum atomic E-state index is 14.1. The van der Waals surface area contributed by atoms with Crippen LogP contribution in [0, 0.1) is 5.82 Å². The Labute approximate surface area is 215 Å². The van der Waals surface area contributed by atoms with Gasteiger partial charge in [-0.3, -0.25) is 20.4 Å². The Balaban J connectivity index is 1.31. The molecule has 0 aliphatic rings. The number of fused-ring (bicyclic) bond motifs is 2. The molecule has 2 amide bonds. The molecule has 0 saturated carbocycles. The van der Waals surface area contributed by atoms with E-state index in [4.69, 9.17) is 4.98 Å². The Morgan fingerprint density at radius 2 is 1.75 bits per heavy atom. The number of para-hydroxylation sites is 1. The minimum atomic E-state index is -0.410. The first-order valence-electron chi connectivity index (χ1n) is 11.5. The number of nitrogens with zero attached hydrogens (tertiary/aromatic N) is 1. The minimum absolute atomic E-state index is 0.183. The third kappa shape index (κ3) is 4.99. The molecule has 5 aromatic rings. The van der Waals surface area contributed by atoms with Crippen molar-refractivity contribution in [2.75, 3.05) is 0 Å². The molecular formula is C28H22BrFN4O2. The van der Waals surface area contributed by atoms with Crippen molar-refractivity contribution in [1.29, 1.82) is 0 Å². The fraction of sp³-hybridized carbons (Fsp3) is 0.107. The lowest BCUT2D eigenvalue weighted by molar-refractivity contribution is -0.121. The number of pyridine rings is 1. The number of nitrogens with one attached hydrogen (secondary N) is 3. The van der Waals surface area contributed by atoms with Gasteiger partial charge in [0, 0.05) is 27.2 Å². The molecule has 3 N–H and O–H groups in total. The van der Waals surface area contributed by atoms with Crippen LogP contribution in [0.4, 0.5) is 4.39 Å². The third-order valence-electron chi connectivity index (χ3n) is 5.99. The Hall–Kier alpha value is -4.04. The van der Waals surface area contributed by atoms with Crippen LogP contribution in [0.25, 0.3) is 33.2 Å². The topological polar surface area (TPSA) is 86.9 Å². The summed E-state index contributed by atoms with van der Waals surface area (Å²) in [4.78, 5) is 32.9. The van der Waals surface area contributed by atoms with E-state index in [1.165, 1.54) is 12.1 Å². The van der Waals surface area contributed by atoms with Crippen LogP contribution < -0.4 is 10.9 Å². The van der Waals surface area contributed by atoms with E-state index in [2.05, 4.69) is 31.8 Å². The number of carbonyl (C=O) groups is 2. The lowest BCUT2D eigenvalue weighted by atomic mass is 10.0. The van der Waals surface area contributed by atoms with E-state index in [9.17, 15) is 14.0 Å². The highest BCUT2D eigenvalue weighted by Gasteiger charge is 2.16. The summed E-state index contributed by atoms with van der Waals surface area (Å²) in [5.74, 6) is -1.05. The van der Waals surface area contributed by atoms with Gasteiger partial charge in [0.15, 0.2) is 0 Å². The molecule has 0 spiro atoms. The van der Waals surface area contributed by atoms with E-state index in [0.717, 1.165) is 38.8 Å². The summed E-state index contributed by atoms with van der Waals surface area (Å²) < 4.78 is 14.7. The molecule has 0 aliphatic heterocycles. The van der Waals surface area contributed by atoms with Crippen molar-refractivity contribution < 1.29 is 14.0 Å². The number of hydrogen-bond donors (Lipinski definition) is 3. The molecule has 0 radical (unpaired) electrons. The molecule has 2 heterocycles. The van der Waals surface area contributed by atoms with Gasteiger partial charge in [-0.15, -0.1) is 0 Å². The van der Waals surface area contributed by atoms with Crippen molar-refractivity contribution >= 4 is 49.6 Å². The second kappa shape index (κ2) is 10.3. The molecule has 0 atom stereocenters. The summed E-state index contributed by atoms with van der Waals surface area (Å²) in [5.41, 5.74) is 9.46. The molecule has 3 aromatic carbocycles. The molecule has 5 rings (SSSR count). The van der Waals surface area contributed by atoms with Crippen LogP contribution in [-0.2, 0) is 11.2 Å². The molecule has 6 nitrogen and oxygen atoms in total. The summed E-state index contributed by atoms with van der Waals surface area (Å²) in [7, 11) is 0. The maximum absolute atomic E-state index is 14.1. The number of benzene rings is 3. The van der Waals surface area contributed by atoms with Crippen molar-refractivity contribution in [1.82, 2.24) is 20.8 Å². The number of rotatable bonds is 6. The Kier molecular flexibility index (Phi) is 6.77. The van der Waals surface area contributed by atoms with Gasteiger partial charge < -0.3 is 4.98 Å². The predicted octanol–water partition coefficient (Wildman–Crippen LogP) is 6.07. The van der Waals surface area contributed by atoms with Gasteiger partial charge >= 0.3 is 0 Å². The summed E-state index contributed by atoms with van der Waals surface area (Å²) >= 11 is 3.32. The van der Waals surface area contributed by atoms with Crippen LogP contribution >= 0.6 is 15.9 Å². The minimum Gasteiger partial charge on any atom is -0.353 e. The Morgan fingerprint density at radius 1 is 0.944 bits per heavy atom.